The highest BCUT2D eigenvalue weighted by Crippen LogP contribution is 2.35. The van der Waals surface area contributed by atoms with E-state index in [1.54, 1.807) is 24.3 Å². The number of amides is 1. The Balaban J connectivity index is 1.52. The molecular formula is C30H39N5O6. The number of nitro groups is 1. The van der Waals surface area contributed by atoms with Crippen LogP contribution in [0, 0.1) is 15.5 Å². The van der Waals surface area contributed by atoms with Crippen LogP contribution in [0.15, 0.2) is 60.8 Å². The van der Waals surface area contributed by atoms with E-state index in [1.807, 2.05) is 58.9 Å². The Kier molecular flexibility index (Phi) is 10.3. The van der Waals surface area contributed by atoms with Gasteiger partial charge in [0.1, 0.15) is 24.2 Å². The Morgan fingerprint density at radius 3 is 2.39 bits per heavy atom. The van der Waals surface area contributed by atoms with Crippen LogP contribution in [-0.2, 0) is 6.42 Å². The summed E-state index contributed by atoms with van der Waals surface area (Å²) < 4.78 is 11.6. The molecule has 0 fully saturated rings. The molecule has 3 rings (SSSR count). The van der Waals surface area contributed by atoms with Crippen molar-refractivity contribution in [2.75, 3.05) is 25.0 Å². The molecule has 0 aliphatic rings. The minimum atomic E-state index is -0.840. The lowest BCUT2D eigenvalue weighted by Crippen LogP contribution is -2.46. The molecule has 2 aromatic carbocycles. The number of aromatic nitrogens is 1. The lowest BCUT2D eigenvalue weighted by atomic mass is 9.94. The normalized spacial score (nSPS) is 12.4. The van der Waals surface area contributed by atoms with Crippen molar-refractivity contribution in [3.8, 4) is 17.4 Å². The monoisotopic (exact) mass is 565 g/mol. The first-order chi connectivity index (χ1) is 19.2. The molecule has 1 amide bonds. The molecule has 0 saturated heterocycles. The summed E-state index contributed by atoms with van der Waals surface area (Å²) in [6.07, 6.45) is 1.21. The third-order valence-electron chi connectivity index (χ3n) is 6.06. The highest BCUT2D eigenvalue weighted by atomic mass is 16.6. The zero-order valence-electron chi connectivity index (χ0n) is 24.1. The van der Waals surface area contributed by atoms with Gasteiger partial charge in [0.05, 0.1) is 10.5 Å². The van der Waals surface area contributed by atoms with Crippen molar-refractivity contribution in [1.29, 1.82) is 0 Å². The van der Waals surface area contributed by atoms with Gasteiger partial charge >= 0.3 is 0 Å². The Morgan fingerprint density at radius 1 is 1.10 bits per heavy atom. The first kappa shape index (κ1) is 31.3. The van der Waals surface area contributed by atoms with E-state index in [2.05, 4.69) is 15.6 Å². The van der Waals surface area contributed by atoms with Gasteiger partial charge in [-0.1, -0.05) is 39.0 Å². The van der Waals surface area contributed by atoms with Crippen molar-refractivity contribution in [2.24, 2.45) is 11.1 Å². The Labute approximate surface area is 240 Å². The molecule has 1 aromatic heterocycles. The molecule has 0 spiro atoms. The third-order valence-corrected chi connectivity index (χ3v) is 6.06. The summed E-state index contributed by atoms with van der Waals surface area (Å²) in [6, 6.07) is 15.4. The fraction of sp³-hybridized carbons (Fsp3) is 0.400. The number of primary amides is 1. The van der Waals surface area contributed by atoms with E-state index in [0.717, 1.165) is 5.56 Å². The molecule has 0 saturated carbocycles. The molecule has 11 nitrogen and oxygen atoms in total. The summed E-state index contributed by atoms with van der Waals surface area (Å²) in [5, 5.41) is 28.7. The predicted octanol–water partition coefficient (Wildman–Crippen LogP) is 4.69. The number of benzene rings is 2. The molecular weight excluding hydrogens is 526 g/mol. The van der Waals surface area contributed by atoms with Gasteiger partial charge in [-0.25, -0.2) is 4.98 Å². The number of ether oxygens (including phenoxy) is 2. The van der Waals surface area contributed by atoms with Gasteiger partial charge in [0, 0.05) is 37.0 Å². The lowest BCUT2D eigenvalue weighted by molar-refractivity contribution is -0.384. The van der Waals surface area contributed by atoms with Crippen molar-refractivity contribution in [2.45, 2.75) is 52.7 Å². The van der Waals surface area contributed by atoms with Gasteiger partial charge in [0.2, 0.25) is 11.8 Å². The number of aliphatic hydroxyl groups is 1. The van der Waals surface area contributed by atoms with E-state index < -0.39 is 16.9 Å². The fourth-order valence-electron chi connectivity index (χ4n) is 3.92. The predicted molar refractivity (Wildman–Crippen MR) is 158 cm³/mol. The number of nitro benzene ring substituents is 1. The summed E-state index contributed by atoms with van der Waals surface area (Å²) in [6.45, 7) is 10.9. The number of rotatable bonds is 14. The summed E-state index contributed by atoms with van der Waals surface area (Å²) >= 11 is 0. The number of hydrogen-bond donors (Lipinski definition) is 4. The maximum Gasteiger partial charge on any atom is 0.296 e. The van der Waals surface area contributed by atoms with Gasteiger partial charge in [-0.3, -0.25) is 14.9 Å². The Morgan fingerprint density at radius 2 is 1.80 bits per heavy atom. The van der Waals surface area contributed by atoms with Gasteiger partial charge in [0.25, 0.3) is 5.69 Å². The van der Waals surface area contributed by atoms with E-state index in [4.69, 9.17) is 15.2 Å². The van der Waals surface area contributed by atoms with Gasteiger partial charge in [-0.2, -0.15) is 0 Å². The van der Waals surface area contributed by atoms with Crippen molar-refractivity contribution in [1.82, 2.24) is 10.3 Å². The van der Waals surface area contributed by atoms with Crippen LogP contribution in [0.25, 0.3) is 0 Å². The highest BCUT2D eigenvalue weighted by Gasteiger charge is 2.23. The molecule has 0 aliphatic heterocycles. The van der Waals surface area contributed by atoms with Crippen LogP contribution in [0.3, 0.4) is 0 Å². The smallest absolute Gasteiger partial charge is 0.296 e. The minimum Gasteiger partial charge on any atom is -0.488 e. The number of carbonyl (C=O) groups is 1. The Hall–Kier alpha value is -4.22. The topological polar surface area (TPSA) is 162 Å². The molecule has 1 atom stereocenters. The van der Waals surface area contributed by atoms with E-state index in [0.29, 0.717) is 41.6 Å². The van der Waals surface area contributed by atoms with E-state index >= 15 is 0 Å². The van der Waals surface area contributed by atoms with Crippen molar-refractivity contribution >= 4 is 17.3 Å². The number of hydrogen-bond acceptors (Lipinski definition) is 9. The number of β-amino-alcohol motifs (C(OH)–C–C–N with tert-alkyl or cyclic N) is 1. The first-order valence-electron chi connectivity index (χ1n) is 13.3. The zero-order valence-corrected chi connectivity index (χ0v) is 24.1. The van der Waals surface area contributed by atoms with Crippen LogP contribution < -0.4 is 25.8 Å². The van der Waals surface area contributed by atoms with Crippen LogP contribution in [0.5, 0.6) is 17.4 Å². The molecule has 0 bridgehead atoms. The van der Waals surface area contributed by atoms with E-state index in [-0.39, 0.29) is 29.8 Å². The lowest BCUT2D eigenvalue weighted by Gasteiger charge is -2.28. The zero-order chi connectivity index (χ0) is 30.2. The number of anilines is 1. The van der Waals surface area contributed by atoms with Crippen LogP contribution >= 0.6 is 0 Å². The van der Waals surface area contributed by atoms with Crippen molar-refractivity contribution < 1.29 is 24.3 Å². The molecule has 3 aromatic rings. The molecule has 0 radical (unpaired) electrons. The number of carbonyl (C=O) groups excluding carboxylic acids is 1. The summed E-state index contributed by atoms with van der Waals surface area (Å²) in [4.78, 5) is 26.4. The maximum absolute atomic E-state index is 11.6. The van der Waals surface area contributed by atoms with Gasteiger partial charge in [0.15, 0.2) is 5.69 Å². The quantitative estimate of drug-likeness (QED) is 0.160. The van der Waals surface area contributed by atoms with Gasteiger partial charge in [-0.05, 0) is 55.5 Å². The van der Waals surface area contributed by atoms with Crippen molar-refractivity contribution in [3.63, 3.8) is 0 Å². The standard InChI is InChI=1S/C30H39N5O6/c1-29(2,3)19-33-27-24(35(38)39)7-6-8-25(27)40-18-22(36)17-34-30(4,5)15-20-9-12-23(13-10-20)41-26-14-11-21(16-32-26)28(31)37/h6-14,16,22,33-34,36H,15,17-19H2,1-5H3,(H2,31,37). The average Bonchev–Trinajstić information content (AvgIpc) is 2.90. The van der Waals surface area contributed by atoms with E-state index in [1.165, 1.54) is 12.3 Å². The van der Waals surface area contributed by atoms with Gasteiger partial charge < -0.3 is 30.9 Å². The SMILES string of the molecule is CC(C)(C)CNc1c(OCC(O)CNC(C)(C)Cc2ccc(Oc3ccc(C(N)=O)cn3)cc2)cccc1[N+](=O)[O-]. The third kappa shape index (κ3) is 10.0. The molecule has 1 heterocycles. The number of nitrogens with zero attached hydrogens (tertiary/aromatic N) is 2. The number of para-hydroxylation sites is 1. The van der Waals surface area contributed by atoms with Crippen molar-refractivity contribution in [3.05, 3.63) is 82.0 Å². The second-order valence-corrected chi connectivity index (χ2v) is 11.7. The van der Waals surface area contributed by atoms with Crippen LogP contribution in [-0.4, -0.2) is 52.3 Å². The first-order valence-corrected chi connectivity index (χ1v) is 13.3. The number of nitrogens with two attached hydrogens (primary N) is 1. The summed E-state index contributed by atoms with van der Waals surface area (Å²) in [5.41, 5.74) is 6.39. The van der Waals surface area contributed by atoms with Crippen LogP contribution in [0.4, 0.5) is 11.4 Å². The minimum absolute atomic E-state index is 0.0328. The summed E-state index contributed by atoms with van der Waals surface area (Å²) in [7, 11) is 0. The van der Waals surface area contributed by atoms with E-state index in [9.17, 15) is 20.0 Å². The number of pyridine rings is 1. The largest absolute Gasteiger partial charge is 0.488 e. The average molecular weight is 566 g/mol. The maximum atomic E-state index is 11.6. The second-order valence-electron chi connectivity index (χ2n) is 11.7. The molecule has 5 N–H and O–H groups in total. The number of aliphatic hydroxyl groups excluding tert-OH is 1. The highest BCUT2D eigenvalue weighted by molar-refractivity contribution is 5.92. The molecule has 0 aliphatic carbocycles. The van der Waals surface area contributed by atoms with Crippen LogP contribution in [0.1, 0.15) is 50.5 Å². The summed E-state index contributed by atoms with van der Waals surface area (Å²) in [5.74, 6) is 0.723. The molecule has 11 heteroatoms. The number of nitrogens with one attached hydrogen (secondary N) is 2. The fourth-order valence-corrected chi connectivity index (χ4v) is 3.92. The van der Waals surface area contributed by atoms with Crippen LogP contribution in [0.2, 0.25) is 0 Å². The molecule has 220 valence electrons. The molecule has 1 unspecified atom stereocenters. The van der Waals surface area contributed by atoms with Gasteiger partial charge in [-0.15, -0.1) is 0 Å². The Bertz CT molecular complexity index is 1320. The molecule has 41 heavy (non-hydrogen) atoms. The second kappa shape index (κ2) is 13.4.